The van der Waals surface area contributed by atoms with Crippen molar-refractivity contribution in [1.82, 2.24) is 20.0 Å². The van der Waals surface area contributed by atoms with Crippen LogP contribution in [0.25, 0.3) is 10.9 Å². The monoisotopic (exact) mass is 365 g/mol. The number of carbonyl (C=O) groups excluding carboxylic acids is 1. The summed E-state index contributed by atoms with van der Waals surface area (Å²) in [5, 5.41) is 20.3. The van der Waals surface area contributed by atoms with Gasteiger partial charge in [-0.05, 0) is 29.3 Å². The largest absolute Gasteiger partial charge is 0.392 e. The van der Waals surface area contributed by atoms with E-state index in [0.29, 0.717) is 13.1 Å². The summed E-state index contributed by atoms with van der Waals surface area (Å²) in [4.78, 5) is 16.7. The molecule has 2 aromatic carbocycles. The first kappa shape index (κ1) is 17.5. The lowest BCUT2D eigenvalue weighted by Crippen LogP contribution is -2.49. The van der Waals surface area contributed by atoms with E-state index in [1.54, 1.807) is 6.20 Å². The molecule has 0 aliphatic carbocycles. The average Bonchev–Trinajstić information content (AvgIpc) is 3.17. The van der Waals surface area contributed by atoms with E-state index in [9.17, 15) is 9.90 Å². The quantitative estimate of drug-likeness (QED) is 0.663. The second-order valence-corrected chi connectivity index (χ2v) is 6.79. The second-order valence-electron chi connectivity index (χ2n) is 6.79. The van der Waals surface area contributed by atoms with E-state index in [4.69, 9.17) is 0 Å². The minimum absolute atomic E-state index is 0.0551. The summed E-state index contributed by atoms with van der Waals surface area (Å²) in [5.41, 5.74) is 3.83. The number of aliphatic hydroxyl groups is 1. The lowest BCUT2D eigenvalue weighted by molar-refractivity contribution is 0.142. The maximum Gasteiger partial charge on any atom is 0.321 e. The normalized spacial score (nSPS) is 15.2. The van der Waals surface area contributed by atoms with Crippen LogP contribution in [-0.2, 0) is 13.2 Å². The number of carbonyl (C=O) groups is 1. The van der Waals surface area contributed by atoms with Crippen LogP contribution in [0.15, 0.2) is 48.7 Å². The van der Waals surface area contributed by atoms with Gasteiger partial charge in [0.2, 0.25) is 0 Å². The van der Waals surface area contributed by atoms with Gasteiger partial charge in [0.05, 0.1) is 18.3 Å². The van der Waals surface area contributed by atoms with Gasteiger partial charge in [0.15, 0.2) is 0 Å². The van der Waals surface area contributed by atoms with Gasteiger partial charge in [-0.1, -0.05) is 24.3 Å². The lowest BCUT2D eigenvalue weighted by Gasteiger charge is -2.35. The zero-order valence-electron chi connectivity index (χ0n) is 15.1. The Morgan fingerprint density at radius 3 is 2.67 bits per heavy atom. The molecule has 0 spiro atoms. The van der Waals surface area contributed by atoms with Crippen LogP contribution in [0.4, 0.5) is 10.5 Å². The van der Waals surface area contributed by atoms with Crippen molar-refractivity contribution in [2.75, 3.05) is 31.5 Å². The topological polar surface area (TPSA) is 84.5 Å². The predicted octanol–water partition coefficient (Wildman–Crippen LogP) is 2.40. The maximum absolute atomic E-state index is 12.5. The van der Waals surface area contributed by atoms with Gasteiger partial charge in [-0.15, -0.1) is 0 Å². The number of nitrogens with one attached hydrogen (secondary N) is 2. The molecule has 1 fully saturated rings. The predicted molar refractivity (Wildman–Crippen MR) is 104 cm³/mol. The van der Waals surface area contributed by atoms with E-state index in [-0.39, 0.29) is 12.6 Å². The highest BCUT2D eigenvalue weighted by Crippen LogP contribution is 2.18. The molecule has 0 bridgehead atoms. The van der Waals surface area contributed by atoms with Crippen LogP contribution < -0.4 is 5.32 Å². The Labute approximate surface area is 157 Å². The number of anilines is 1. The Kier molecular flexibility index (Phi) is 5.04. The first-order valence-corrected chi connectivity index (χ1v) is 9.12. The van der Waals surface area contributed by atoms with Crippen molar-refractivity contribution >= 4 is 22.6 Å². The van der Waals surface area contributed by atoms with E-state index in [1.807, 2.05) is 41.3 Å². The summed E-state index contributed by atoms with van der Waals surface area (Å²) in [5.74, 6) is 0. The summed E-state index contributed by atoms with van der Waals surface area (Å²) < 4.78 is 0. The van der Waals surface area contributed by atoms with Crippen LogP contribution in [0, 0.1) is 0 Å². The number of hydrogen-bond donors (Lipinski definition) is 3. The minimum atomic E-state index is -0.0757. The molecule has 0 atom stereocenters. The molecule has 1 aliphatic rings. The first-order chi connectivity index (χ1) is 13.2. The summed E-state index contributed by atoms with van der Waals surface area (Å²) in [6, 6.07) is 13.6. The third-order valence-corrected chi connectivity index (χ3v) is 5.03. The van der Waals surface area contributed by atoms with Crippen molar-refractivity contribution in [3.8, 4) is 0 Å². The molecule has 0 unspecified atom stereocenters. The number of urea groups is 1. The smallest absolute Gasteiger partial charge is 0.321 e. The highest BCUT2D eigenvalue weighted by atomic mass is 16.3. The zero-order valence-corrected chi connectivity index (χ0v) is 15.1. The third kappa shape index (κ3) is 3.94. The molecule has 1 saturated heterocycles. The van der Waals surface area contributed by atoms with Gasteiger partial charge in [0, 0.05) is 43.8 Å². The fraction of sp³-hybridized carbons (Fsp3) is 0.300. The Bertz CT molecular complexity index is 931. The third-order valence-electron chi connectivity index (χ3n) is 5.03. The minimum Gasteiger partial charge on any atom is -0.392 e. The Morgan fingerprint density at radius 1 is 1.11 bits per heavy atom. The highest BCUT2D eigenvalue weighted by molar-refractivity contribution is 5.92. The van der Waals surface area contributed by atoms with Crippen LogP contribution >= 0.6 is 0 Å². The molecule has 27 heavy (non-hydrogen) atoms. The summed E-state index contributed by atoms with van der Waals surface area (Å²) in [6.45, 7) is 3.84. The van der Waals surface area contributed by atoms with Gasteiger partial charge in [-0.3, -0.25) is 10.00 Å². The molecule has 1 aromatic heterocycles. The second kappa shape index (κ2) is 7.77. The lowest BCUT2D eigenvalue weighted by atomic mass is 10.1. The molecule has 3 N–H and O–H groups in total. The fourth-order valence-electron chi connectivity index (χ4n) is 3.44. The molecule has 0 radical (unpaired) electrons. The number of fused-ring (bicyclic) bond motifs is 1. The molecule has 7 nitrogen and oxygen atoms in total. The molecule has 3 aromatic rings. The zero-order chi connectivity index (χ0) is 18.6. The molecule has 1 aliphatic heterocycles. The van der Waals surface area contributed by atoms with Gasteiger partial charge >= 0.3 is 6.03 Å². The van der Waals surface area contributed by atoms with E-state index in [0.717, 1.165) is 47.4 Å². The van der Waals surface area contributed by atoms with Gasteiger partial charge < -0.3 is 15.3 Å². The fourth-order valence-corrected chi connectivity index (χ4v) is 3.44. The molecule has 4 rings (SSSR count). The van der Waals surface area contributed by atoms with Crippen LogP contribution in [0.2, 0.25) is 0 Å². The molecular weight excluding hydrogens is 342 g/mol. The standard InChI is InChI=1S/C20H23N5O2/c26-14-16-4-2-1-3-15(16)13-24-7-9-25(10-8-24)20(27)22-18-5-6-19-17(11-18)12-21-23-19/h1-6,11-12,26H,7-10,13-14H2,(H,21,23)(H,22,27). The summed E-state index contributed by atoms with van der Waals surface area (Å²) in [7, 11) is 0. The van der Waals surface area contributed by atoms with Crippen molar-refractivity contribution in [3.63, 3.8) is 0 Å². The maximum atomic E-state index is 12.5. The van der Waals surface area contributed by atoms with Gasteiger partial charge in [-0.25, -0.2) is 4.79 Å². The Morgan fingerprint density at radius 2 is 1.89 bits per heavy atom. The van der Waals surface area contributed by atoms with Gasteiger partial charge in [0.1, 0.15) is 0 Å². The van der Waals surface area contributed by atoms with Crippen molar-refractivity contribution in [3.05, 3.63) is 59.8 Å². The summed E-state index contributed by atoms with van der Waals surface area (Å²) in [6.07, 6.45) is 1.74. The number of aliphatic hydroxyl groups excluding tert-OH is 1. The number of rotatable bonds is 4. The number of H-pyrrole nitrogens is 1. The van der Waals surface area contributed by atoms with Crippen molar-refractivity contribution in [2.24, 2.45) is 0 Å². The molecule has 2 heterocycles. The van der Waals surface area contributed by atoms with Gasteiger partial charge in [0.25, 0.3) is 0 Å². The van der Waals surface area contributed by atoms with Crippen LogP contribution in [0.5, 0.6) is 0 Å². The van der Waals surface area contributed by atoms with Gasteiger partial charge in [-0.2, -0.15) is 5.10 Å². The number of amides is 2. The number of nitrogens with zero attached hydrogens (tertiary/aromatic N) is 3. The Balaban J connectivity index is 1.32. The molecule has 0 saturated carbocycles. The van der Waals surface area contributed by atoms with Crippen LogP contribution in [0.1, 0.15) is 11.1 Å². The molecule has 7 heteroatoms. The van der Waals surface area contributed by atoms with E-state index in [2.05, 4.69) is 26.5 Å². The highest BCUT2D eigenvalue weighted by Gasteiger charge is 2.21. The molecule has 140 valence electrons. The molecular formula is C20H23N5O2. The van der Waals surface area contributed by atoms with Crippen LogP contribution in [0.3, 0.4) is 0 Å². The SMILES string of the molecule is O=C(Nc1ccc2[nH]ncc2c1)N1CCN(Cc2ccccc2CO)CC1. The van der Waals surface area contributed by atoms with Crippen molar-refractivity contribution in [2.45, 2.75) is 13.2 Å². The number of piperazine rings is 1. The number of aromatic nitrogens is 2. The number of hydrogen-bond acceptors (Lipinski definition) is 4. The average molecular weight is 365 g/mol. The van der Waals surface area contributed by atoms with Crippen molar-refractivity contribution < 1.29 is 9.90 Å². The van der Waals surface area contributed by atoms with E-state index >= 15 is 0 Å². The summed E-state index contributed by atoms with van der Waals surface area (Å²) >= 11 is 0. The van der Waals surface area contributed by atoms with E-state index < -0.39 is 0 Å². The van der Waals surface area contributed by atoms with Crippen molar-refractivity contribution in [1.29, 1.82) is 0 Å². The molecule has 2 amide bonds. The van der Waals surface area contributed by atoms with E-state index in [1.165, 1.54) is 0 Å². The number of aromatic amines is 1. The number of benzene rings is 2. The Hall–Kier alpha value is -2.90. The van der Waals surface area contributed by atoms with Crippen LogP contribution in [-0.4, -0.2) is 57.3 Å². The first-order valence-electron chi connectivity index (χ1n) is 9.12.